The first-order valence-electron chi connectivity index (χ1n) is 6.32. The molecule has 1 heterocycles. The van der Waals surface area contributed by atoms with Gasteiger partial charge in [-0.05, 0) is 13.3 Å². The maximum Gasteiger partial charge on any atom is 0.346 e. The van der Waals surface area contributed by atoms with Gasteiger partial charge < -0.3 is 5.32 Å². The largest absolute Gasteiger partial charge is 0.346 e. The number of nitrogens with zero attached hydrogens (tertiary/aromatic N) is 3. The van der Waals surface area contributed by atoms with Gasteiger partial charge in [0.1, 0.15) is 5.54 Å². The molecule has 1 fully saturated rings. The SMILES string of the molecule is CC[C@]1(C)NC(=O)N(/N=C\c2cccc([N+](=O)[O-])c2)C1=O. The first kappa shape index (κ1) is 14.6. The van der Waals surface area contributed by atoms with Crippen molar-refractivity contribution in [1.29, 1.82) is 0 Å². The van der Waals surface area contributed by atoms with Crippen LogP contribution in [0.25, 0.3) is 0 Å². The van der Waals surface area contributed by atoms with Crippen LogP contribution in [-0.4, -0.2) is 33.6 Å². The third-order valence-electron chi connectivity index (χ3n) is 3.35. The predicted molar refractivity (Wildman–Crippen MR) is 74.8 cm³/mol. The number of carbonyl (C=O) groups excluding carboxylic acids is 2. The van der Waals surface area contributed by atoms with E-state index in [0.717, 1.165) is 5.01 Å². The van der Waals surface area contributed by atoms with Crippen LogP contribution in [0.15, 0.2) is 29.4 Å². The second-order valence-corrected chi connectivity index (χ2v) is 4.83. The van der Waals surface area contributed by atoms with E-state index in [1.165, 1.54) is 24.4 Å². The fourth-order valence-electron chi connectivity index (χ4n) is 1.86. The Morgan fingerprint density at radius 1 is 1.48 bits per heavy atom. The van der Waals surface area contributed by atoms with E-state index in [9.17, 15) is 19.7 Å². The molecule has 3 amide bonds. The molecule has 1 saturated heterocycles. The van der Waals surface area contributed by atoms with Crippen molar-refractivity contribution in [2.45, 2.75) is 25.8 Å². The first-order chi connectivity index (χ1) is 9.87. The Labute approximate surface area is 120 Å². The molecule has 0 aliphatic carbocycles. The van der Waals surface area contributed by atoms with Gasteiger partial charge in [-0.15, -0.1) is 5.01 Å². The molecule has 0 unspecified atom stereocenters. The van der Waals surface area contributed by atoms with E-state index in [2.05, 4.69) is 10.4 Å². The third-order valence-corrected chi connectivity index (χ3v) is 3.35. The second kappa shape index (κ2) is 5.31. The van der Waals surface area contributed by atoms with Gasteiger partial charge in [-0.2, -0.15) is 5.10 Å². The molecule has 0 spiro atoms. The summed E-state index contributed by atoms with van der Waals surface area (Å²) in [5.41, 5.74) is -0.624. The van der Waals surface area contributed by atoms with Gasteiger partial charge in [0.25, 0.3) is 11.6 Å². The van der Waals surface area contributed by atoms with E-state index in [4.69, 9.17) is 0 Å². The number of nitro benzene ring substituents is 1. The minimum absolute atomic E-state index is 0.0884. The molecule has 110 valence electrons. The van der Waals surface area contributed by atoms with Crippen molar-refractivity contribution < 1.29 is 14.5 Å². The molecule has 8 heteroatoms. The van der Waals surface area contributed by atoms with Gasteiger partial charge in [-0.3, -0.25) is 14.9 Å². The highest BCUT2D eigenvalue weighted by atomic mass is 16.6. The van der Waals surface area contributed by atoms with Gasteiger partial charge in [0.2, 0.25) is 0 Å². The van der Waals surface area contributed by atoms with Crippen LogP contribution < -0.4 is 5.32 Å². The summed E-state index contributed by atoms with van der Waals surface area (Å²) < 4.78 is 0. The van der Waals surface area contributed by atoms with Crippen molar-refractivity contribution in [3.8, 4) is 0 Å². The number of non-ortho nitro benzene ring substituents is 1. The Hall–Kier alpha value is -2.77. The molecular formula is C13H14N4O4. The van der Waals surface area contributed by atoms with E-state index >= 15 is 0 Å². The summed E-state index contributed by atoms with van der Waals surface area (Å²) in [6.07, 6.45) is 1.69. The van der Waals surface area contributed by atoms with Crippen LogP contribution >= 0.6 is 0 Å². The smallest absolute Gasteiger partial charge is 0.322 e. The molecule has 0 radical (unpaired) electrons. The van der Waals surface area contributed by atoms with Crippen LogP contribution in [0, 0.1) is 10.1 Å². The molecule has 21 heavy (non-hydrogen) atoms. The van der Waals surface area contributed by atoms with E-state index in [-0.39, 0.29) is 5.69 Å². The molecule has 1 aromatic rings. The molecule has 1 N–H and O–H groups in total. The zero-order valence-electron chi connectivity index (χ0n) is 11.6. The van der Waals surface area contributed by atoms with Crippen LogP contribution in [-0.2, 0) is 4.79 Å². The zero-order chi connectivity index (χ0) is 15.6. The lowest BCUT2D eigenvalue weighted by atomic mass is 10.00. The van der Waals surface area contributed by atoms with E-state index < -0.39 is 22.4 Å². The van der Waals surface area contributed by atoms with E-state index in [0.29, 0.717) is 12.0 Å². The van der Waals surface area contributed by atoms with Crippen LogP contribution in [0.1, 0.15) is 25.8 Å². The number of hydrogen-bond donors (Lipinski definition) is 1. The molecule has 0 saturated carbocycles. The summed E-state index contributed by atoms with van der Waals surface area (Å²) in [7, 11) is 0. The number of nitro groups is 1. The Kier molecular flexibility index (Phi) is 3.70. The number of hydrazone groups is 1. The lowest BCUT2D eigenvalue weighted by Gasteiger charge is -2.17. The van der Waals surface area contributed by atoms with Crippen molar-refractivity contribution in [2.75, 3.05) is 0 Å². The molecule has 1 atom stereocenters. The van der Waals surface area contributed by atoms with Crippen LogP contribution in [0.3, 0.4) is 0 Å². The van der Waals surface area contributed by atoms with Gasteiger partial charge in [-0.1, -0.05) is 19.1 Å². The summed E-state index contributed by atoms with van der Waals surface area (Å²) in [4.78, 5) is 34.0. The molecule has 8 nitrogen and oxygen atoms in total. The highest BCUT2D eigenvalue weighted by Crippen LogP contribution is 2.21. The summed E-state index contributed by atoms with van der Waals surface area (Å²) in [5.74, 6) is -0.448. The van der Waals surface area contributed by atoms with Crippen LogP contribution in [0.2, 0.25) is 0 Å². The number of benzene rings is 1. The van der Waals surface area contributed by atoms with Crippen LogP contribution in [0.4, 0.5) is 10.5 Å². The first-order valence-corrected chi connectivity index (χ1v) is 6.32. The van der Waals surface area contributed by atoms with E-state index in [1.807, 2.05) is 0 Å². The minimum atomic E-state index is -0.961. The molecule has 1 aliphatic heterocycles. The Bertz CT molecular complexity index is 643. The zero-order valence-corrected chi connectivity index (χ0v) is 11.6. The number of amides is 3. The van der Waals surface area contributed by atoms with Crippen molar-refractivity contribution in [2.24, 2.45) is 5.10 Å². The average molecular weight is 290 g/mol. The predicted octanol–water partition coefficient (Wildman–Crippen LogP) is 1.65. The number of imide groups is 1. The molecule has 0 bridgehead atoms. The lowest BCUT2D eigenvalue weighted by Crippen LogP contribution is -2.42. The summed E-state index contributed by atoms with van der Waals surface area (Å²) in [6, 6.07) is 5.14. The van der Waals surface area contributed by atoms with Crippen LogP contribution in [0.5, 0.6) is 0 Å². The minimum Gasteiger partial charge on any atom is -0.322 e. The molecule has 2 rings (SSSR count). The van der Waals surface area contributed by atoms with Gasteiger partial charge in [0.05, 0.1) is 11.1 Å². The normalized spacial score (nSPS) is 21.9. The molecule has 1 aliphatic rings. The fraction of sp³-hybridized carbons (Fsp3) is 0.308. The Morgan fingerprint density at radius 3 is 2.76 bits per heavy atom. The lowest BCUT2D eigenvalue weighted by molar-refractivity contribution is -0.384. The molecular weight excluding hydrogens is 276 g/mol. The number of urea groups is 1. The fourth-order valence-corrected chi connectivity index (χ4v) is 1.86. The van der Waals surface area contributed by atoms with Gasteiger partial charge in [0.15, 0.2) is 0 Å². The average Bonchev–Trinajstić information content (AvgIpc) is 2.68. The number of carbonyl (C=O) groups is 2. The Balaban J connectivity index is 2.22. The third kappa shape index (κ3) is 2.73. The maximum absolute atomic E-state index is 12.1. The Morgan fingerprint density at radius 2 is 2.19 bits per heavy atom. The molecule has 0 aromatic heterocycles. The molecule has 1 aromatic carbocycles. The summed E-state index contributed by atoms with van der Waals surface area (Å²) in [5, 5.41) is 17.8. The van der Waals surface area contributed by atoms with Crippen molar-refractivity contribution in [1.82, 2.24) is 10.3 Å². The standard InChI is InChI=1S/C13H14N4O4/c1-3-13(2)11(18)16(12(19)15-13)14-8-9-5-4-6-10(7-9)17(20)21/h4-8H,3H2,1-2H3,(H,15,19)/b14-8-/t13-/m0/s1. The monoisotopic (exact) mass is 290 g/mol. The van der Waals surface area contributed by atoms with Gasteiger partial charge >= 0.3 is 6.03 Å². The summed E-state index contributed by atoms with van der Waals surface area (Å²) in [6.45, 7) is 3.40. The highest BCUT2D eigenvalue weighted by Gasteiger charge is 2.46. The highest BCUT2D eigenvalue weighted by molar-refractivity contribution is 6.07. The van der Waals surface area contributed by atoms with Crippen molar-refractivity contribution in [3.05, 3.63) is 39.9 Å². The number of nitrogens with one attached hydrogen (secondary N) is 1. The van der Waals surface area contributed by atoms with Gasteiger partial charge in [0, 0.05) is 17.7 Å². The second-order valence-electron chi connectivity index (χ2n) is 4.83. The van der Waals surface area contributed by atoms with E-state index in [1.54, 1.807) is 19.9 Å². The number of rotatable bonds is 4. The quantitative estimate of drug-likeness (QED) is 0.394. The topological polar surface area (TPSA) is 105 Å². The van der Waals surface area contributed by atoms with Crippen molar-refractivity contribution in [3.63, 3.8) is 0 Å². The van der Waals surface area contributed by atoms with Crippen molar-refractivity contribution >= 4 is 23.8 Å². The summed E-state index contributed by atoms with van der Waals surface area (Å²) >= 11 is 0. The van der Waals surface area contributed by atoms with Gasteiger partial charge in [-0.25, -0.2) is 4.79 Å². The maximum atomic E-state index is 12.1. The number of hydrogen-bond acceptors (Lipinski definition) is 5.